The zero-order chi connectivity index (χ0) is 13.8. The molecule has 2 rings (SSSR count). The van der Waals surface area contributed by atoms with Gasteiger partial charge in [0, 0.05) is 0 Å². The summed E-state index contributed by atoms with van der Waals surface area (Å²) in [6.45, 7) is 2.14. The first-order valence-electron chi connectivity index (χ1n) is 5.58. The number of hydrogen-bond acceptors (Lipinski definition) is 5. The van der Waals surface area contributed by atoms with E-state index in [4.69, 9.17) is 9.68 Å². The lowest BCUT2D eigenvalue weighted by atomic mass is 10.1. The van der Waals surface area contributed by atoms with Crippen molar-refractivity contribution < 1.29 is 9.34 Å². The zero-order valence-electron chi connectivity index (χ0n) is 10.2. The Bertz CT molecular complexity index is 655. The fraction of sp³-hybridized carbons (Fsp3) is 0.154. The molecular formula is C13H11N3O3. The van der Waals surface area contributed by atoms with E-state index in [1.54, 1.807) is 18.2 Å². The molecule has 19 heavy (non-hydrogen) atoms. The van der Waals surface area contributed by atoms with E-state index in [-0.39, 0.29) is 11.3 Å². The van der Waals surface area contributed by atoms with Crippen molar-refractivity contribution in [3.63, 3.8) is 0 Å². The minimum Gasteiger partial charge on any atom is -0.465 e. The molecule has 0 aliphatic heterocycles. The second kappa shape index (κ2) is 5.23. The molecule has 0 atom stereocenters. The molecule has 0 radical (unpaired) electrons. The van der Waals surface area contributed by atoms with E-state index in [0.29, 0.717) is 18.0 Å². The Morgan fingerprint density at radius 3 is 2.79 bits per heavy atom. The van der Waals surface area contributed by atoms with E-state index in [2.05, 4.69) is 5.32 Å². The first-order valence-corrected chi connectivity index (χ1v) is 5.58. The summed E-state index contributed by atoms with van der Waals surface area (Å²) in [5.41, 5.74) is 0.122. The van der Waals surface area contributed by atoms with Gasteiger partial charge in [-0.05, 0) is 31.2 Å². The predicted molar refractivity (Wildman–Crippen MR) is 68.6 cm³/mol. The number of furan rings is 1. The van der Waals surface area contributed by atoms with E-state index in [9.17, 15) is 10.1 Å². The van der Waals surface area contributed by atoms with Crippen molar-refractivity contribution in [1.29, 1.82) is 5.26 Å². The molecule has 0 bridgehead atoms. The highest BCUT2D eigenvalue weighted by molar-refractivity contribution is 5.68. The van der Waals surface area contributed by atoms with Crippen molar-refractivity contribution in [3.05, 3.63) is 57.5 Å². The summed E-state index contributed by atoms with van der Waals surface area (Å²) in [6.07, 6.45) is 0. The second-order valence-electron chi connectivity index (χ2n) is 3.94. The van der Waals surface area contributed by atoms with Crippen LogP contribution in [-0.4, -0.2) is 4.92 Å². The normalized spacial score (nSPS) is 9.89. The van der Waals surface area contributed by atoms with E-state index >= 15 is 0 Å². The molecule has 1 aromatic carbocycles. The van der Waals surface area contributed by atoms with Gasteiger partial charge in [0.1, 0.15) is 28.8 Å². The Morgan fingerprint density at radius 2 is 2.21 bits per heavy atom. The first-order chi connectivity index (χ1) is 9.11. The van der Waals surface area contributed by atoms with Crippen molar-refractivity contribution >= 4 is 11.4 Å². The molecule has 2 aromatic rings. The standard InChI is InChI=1S/C13H11N3O3/c1-9-5-6-11(19-9)8-15-12-4-2-3-10(7-14)13(12)16(17)18/h2-6,15H,8H2,1H3. The summed E-state index contributed by atoms with van der Waals surface area (Å²) in [6, 6.07) is 10.0. The molecule has 0 unspecified atom stereocenters. The van der Waals surface area contributed by atoms with Crippen molar-refractivity contribution in [2.24, 2.45) is 0 Å². The van der Waals surface area contributed by atoms with Crippen LogP contribution in [-0.2, 0) is 6.54 Å². The molecule has 6 heteroatoms. The van der Waals surface area contributed by atoms with Gasteiger partial charge >= 0.3 is 5.69 Å². The summed E-state index contributed by atoms with van der Waals surface area (Å²) in [5.74, 6) is 1.45. The van der Waals surface area contributed by atoms with E-state index in [0.717, 1.165) is 5.76 Å². The Kier molecular flexibility index (Phi) is 3.48. The number of hydrogen-bond donors (Lipinski definition) is 1. The number of aryl methyl sites for hydroxylation is 1. The number of nitro benzene ring substituents is 1. The van der Waals surface area contributed by atoms with E-state index < -0.39 is 4.92 Å². The van der Waals surface area contributed by atoms with Crippen LogP contribution in [0, 0.1) is 28.4 Å². The van der Waals surface area contributed by atoms with Crippen LogP contribution in [0.2, 0.25) is 0 Å². The fourth-order valence-electron chi connectivity index (χ4n) is 1.74. The number of nitro groups is 1. The molecular weight excluding hydrogens is 246 g/mol. The maximum absolute atomic E-state index is 11.0. The van der Waals surface area contributed by atoms with Gasteiger partial charge in [-0.25, -0.2) is 0 Å². The van der Waals surface area contributed by atoms with Crippen LogP contribution in [0.15, 0.2) is 34.7 Å². The number of nitrogens with zero attached hydrogens (tertiary/aromatic N) is 2. The van der Waals surface area contributed by atoms with Gasteiger partial charge in [-0.15, -0.1) is 0 Å². The van der Waals surface area contributed by atoms with Gasteiger partial charge in [0.05, 0.1) is 11.5 Å². The van der Waals surface area contributed by atoms with E-state index in [1.165, 1.54) is 6.07 Å². The molecule has 0 amide bonds. The minimum absolute atomic E-state index is 0.0330. The fourth-order valence-corrected chi connectivity index (χ4v) is 1.74. The summed E-state index contributed by atoms with van der Waals surface area (Å²) >= 11 is 0. The third kappa shape index (κ3) is 2.72. The van der Waals surface area contributed by atoms with Gasteiger partial charge in [-0.2, -0.15) is 5.26 Å². The summed E-state index contributed by atoms with van der Waals surface area (Å²) < 4.78 is 5.36. The predicted octanol–water partition coefficient (Wildman–Crippen LogP) is 2.98. The number of para-hydroxylation sites is 1. The molecule has 0 spiro atoms. The van der Waals surface area contributed by atoms with Crippen LogP contribution in [0.1, 0.15) is 17.1 Å². The second-order valence-corrected chi connectivity index (χ2v) is 3.94. The lowest BCUT2D eigenvalue weighted by Crippen LogP contribution is -2.03. The number of anilines is 1. The number of rotatable bonds is 4. The van der Waals surface area contributed by atoms with Crippen LogP contribution in [0.3, 0.4) is 0 Å². The van der Waals surface area contributed by atoms with Gasteiger partial charge < -0.3 is 9.73 Å². The molecule has 0 fully saturated rings. The van der Waals surface area contributed by atoms with Crippen molar-refractivity contribution in [1.82, 2.24) is 0 Å². The highest BCUT2D eigenvalue weighted by Crippen LogP contribution is 2.28. The average molecular weight is 257 g/mol. The third-order valence-electron chi connectivity index (χ3n) is 2.59. The maximum Gasteiger partial charge on any atom is 0.309 e. The molecule has 0 aliphatic rings. The maximum atomic E-state index is 11.0. The first kappa shape index (κ1) is 12.6. The van der Waals surface area contributed by atoms with Crippen LogP contribution >= 0.6 is 0 Å². The Balaban J connectivity index is 2.25. The van der Waals surface area contributed by atoms with Crippen LogP contribution in [0.5, 0.6) is 0 Å². The van der Waals surface area contributed by atoms with Gasteiger partial charge in [-0.1, -0.05) is 6.07 Å². The molecule has 1 N–H and O–H groups in total. The quantitative estimate of drug-likeness (QED) is 0.671. The molecule has 0 saturated carbocycles. The van der Waals surface area contributed by atoms with Crippen LogP contribution < -0.4 is 5.32 Å². The monoisotopic (exact) mass is 257 g/mol. The molecule has 1 heterocycles. The smallest absolute Gasteiger partial charge is 0.309 e. The topological polar surface area (TPSA) is 92.1 Å². The van der Waals surface area contributed by atoms with Gasteiger partial charge in [0.2, 0.25) is 0 Å². The molecule has 0 saturated heterocycles. The lowest BCUT2D eigenvalue weighted by Gasteiger charge is -2.06. The van der Waals surface area contributed by atoms with Crippen molar-refractivity contribution in [2.45, 2.75) is 13.5 Å². The molecule has 6 nitrogen and oxygen atoms in total. The van der Waals surface area contributed by atoms with Crippen molar-refractivity contribution in [2.75, 3.05) is 5.32 Å². The minimum atomic E-state index is -0.561. The molecule has 96 valence electrons. The van der Waals surface area contributed by atoms with Crippen LogP contribution in [0.4, 0.5) is 11.4 Å². The highest BCUT2D eigenvalue weighted by atomic mass is 16.6. The molecule has 1 aromatic heterocycles. The Labute approximate surface area is 109 Å². The van der Waals surface area contributed by atoms with Crippen LogP contribution in [0.25, 0.3) is 0 Å². The van der Waals surface area contributed by atoms with Gasteiger partial charge in [0.25, 0.3) is 0 Å². The van der Waals surface area contributed by atoms with Crippen molar-refractivity contribution in [3.8, 4) is 6.07 Å². The summed E-state index contributed by atoms with van der Waals surface area (Å²) in [7, 11) is 0. The van der Waals surface area contributed by atoms with Gasteiger partial charge in [-0.3, -0.25) is 10.1 Å². The number of nitrogens with one attached hydrogen (secondary N) is 1. The number of nitriles is 1. The number of benzene rings is 1. The highest BCUT2D eigenvalue weighted by Gasteiger charge is 2.19. The largest absolute Gasteiger partial charge is 0.465 e. The van der Waals surface area contributed by atoms with Gasteiger partial charge in [0.15, 0.2) is 0 Å². The zero-order valence-corrected chi connectivity index (χ0v) is 10.2. The van der Waals surface area contributed by atoms with E-state index in [1.807, 2.05) is 19.1 Å². The SMILES string of the molecule is Cc1ccc(CNc2cccc(C#N)c2[N+](=O)[O-])o1. The molecule has 0 aliphatic carbocycles. The third-order valence-corrected chi connectivity index (χ3v) is 2.59. The summed E-state index contributed by atoms with van der Waals surface area (Å²) in [5, 5.41) is 22.8. The average Bonchev–Trinajstić information content (AvgIpc) is 2.81. The summed E-state index contributed by atoms with van der Waals surface area (Å²) in [4.78, 5) is 10.4. The Morgan fingerprint density at radius 1 is 1.42 bits per heavy atom. The Hall–Kier alpha value is -2.81. The lowest BCUT2D eigenvalue weighted by molar-refractivity contribution is -0.384.